The highest BCUT2D eigenvalue weighted by atomic mass is 16.8. The molecule has 0 amide bonds. The number of carbonyl (C=O) groups is 1. The quantitative estimate of drug-likeness (QED) is 0.429. The van der Waals surface area contributed by atoms with Crippen LogP contribution in [0, 0.1) is 0 Å². The van der Waals surface area contributed by atoms with Crippen molar-refractivity contribution in [2.24, 2.45) is 0 Å². The van der Waals surface area contributed by atoms with E-state index in [1.54, 1.807) is 0 Å². The summed E-state index contributed by atoms with van der Waals surface area (Å²) in [7, 11) is 0. The lowest BCUT2D eigenvalue weighted by molar-refractivity contribution is -0.391. The molecule has 0 N–H and O–H groups in total. The highest BCUT2D eigenvalue weighted by molar-refractivity contribution is 5.82. The highest BCUT2D eigenvalue weighted by Crippen LogP contribution is 2.18. The Labute approximate surface area is 58.1 Å². The number of esters is 1. The van der Waals surface area contributed by atoms with Gasteiger partial charge in [-0.2, -0.15) is 0 Å². The summed E-state index contributed by atoms with van der Waals surface area (Å²) in [5, 5.41) is 10.5. The lowest BCUT2D eigenvalue weighted by Gasteiger charge is -2.36. The summed E-state index contributed by atoms with van der Waals surface area (Å²) in [6.45, 7) is 2.99. The third kappa shape index (κ3) is 1.40. The number of cyclic esters (lactones) is 1. The van der Waals surface area contributed by atoms with Gasteiger partial charge in [-0.15, -0.1) is 0 Å². The van der Waals surface area contributed by atoms with Crippen molar-refractivity contribution in [1.29, 1.82) is 0 Å². The van der Waals surface area contributed by atoms with Gasteiger partial charge < -0.3 is 14.6 Å². The van der Waals surface area contributed by atoms with Gasteiger partial charge in [0, 0.05) is 6.08 Å². The minimum Gasteiger partial charge on any atom is -0.575 e. The van der Waals surface area contributed by atoms with E-state index in [2.05, 4.69) is 9.47 Å². The second-order valence-corrected chi connectivity index (χ2v) is 2.39. The molecule has 1 aliphatic heterocycles. The molecule has 4 heteroatoms. The Balaban J connectivity index is 2.80. The molecule has 1 heterocycles. The van der Waals surface area contributed by atoms with Crippen molar-refractivity contribution in [3.63, 3.8) is 0 Å². The van der Waals surface area contributed by atoms with Gasteiger partial charge in [-0.05, 0) is 13.8 Å². The molecule has 0 aromatic carbocycles. The Hall–Kier alpha value is -1.19. The van der Waals surface area contributed by atoms with E-state index in [0.29, 0.717) is 0 Å². The maximum atomic E-state index is 10.5. The largest absolute Gasteiger partial charge is 0.575 e. The first-order chi connectivity index (χ1) is 4.49. The van der Waals surface area contributed by atoms with Gasteiger partial charge in [0.25, 0.3) is 0 Å². The maximum absolute atomic E-state index is 10.5. The Kier molecular flexibility index (Phi) is 1.31. The lowest BCUT2D eigenvalue weighted by Crippen LogP contribution is -2.37. The molecule has 0 saturated heterocycles. The van der Waals surface area contributed by atoms with Crippen LogP contribution in [0.25, 0.3) is 0 Å². The van der Waals surface area contributed by atoms with Gasteiger partial charge in [0.2, 0.25) is 0 Å². The SMILES string of the molecule is CC1(C)OC(=O)C=C([O-])O1. The van der Waals surface area contributed by atoms with Crippen LogP contribution in [-0.2, 0) is 14.3 Å². The fourth-order valence-corrected chi connectivity index (χ4v) is 0.660. The third-order valence-corrected chi connectivity index (χ3v) is 0.928. The fourth-order valence-electron chi connectivity index (χ4n) is 0.660. The molecule has 0 saturated carbocycles. The van der Waals surface area contributed by atoms with Crippen LogP contribution in [0.2, 0.25) is 0 Å². The van der Waals surface area contributed by atoms with Gasteiger partial charge in [-0.1, -0.05) is 0 Å². The van der Waals surface area contributed by atoms with Crippen molar-refractivity contribution in [2.75, 3.05) is 0 Å². The average Bonchev–Trinajstić information content (AvgIpc) is 1.54. The second-order valence-electron chi connectivity index (χ2n) is 2.39. The van der Waals surface area contributed by atoms with E-state index in [1.165, 1.54) is 13.8 Å². The van der Waals surface area contributed by atoms with Gasteiger partial charge in [0.15, 0.2) is 5.79 Å². The zero-order chi connectivity index (χ0) is 7.78. The van der Waals surface area contributed by atoms with Crippen molar-refractivity contribution in [3.8, 4) is 0 Å². The minimum absolute atomic E-state index is 0.652. The van der Waals surface area contributed by atoms with Crippen molar-refractivity contribution >= 4 is 5.97 Å². The first kappa shape index (κ1) is 6.92. The number of hydrogen-bond acceptors (Lipinski definition) is 4. The van der Waals surface area contributed by atoms with Crippen molar-refractivity contribution in [2.45, 2.75) is 19.6 Å². The molecule has 1 rings (SSSR count). The smallest absolute Gasteiger partial charge is 0.334 e. The summed E-state index contributed by atoms with van der Waals surface area (Å²) in [6.07, 6.45) is 0.769. The summed E-state index contributed by atoms with van der Waals surface area (Å²) in [5.74, 6) is -2.41. The lowest BCUT2D eigenvalue weighted by atomic mass is 10.3. The molecular formula is C6H7O4-. The summed E-state index contributed by atoms with van der Waals surface area (Å²) < 4.78 is 9.21. The summed E-state index contributed by atoms with van der Waals surface area (Å²) >= 11 is 0. The van der Waals surface area contributed by atoms with E-state index in [9.17, 15) is 9.90 Å². The molecule has 0 aliphatic carbocycles. The van der Waals surface area contributed by atoms with Crippen LogP contribution in [0.3, 0.4) is 0 Å². The molecule has 0 unspecified atom stereocenters. The Morgan fingerprint density at radius 3 is 2.50 bits per heavy atom. The normalized spacial score (nSPS) is 22.6. The van der Waals surface area contributed by atoms with Crippen LogP contribution in [-0.4, -0.2) is 11.8 Å². The van der Waals surface area contributed by atoms with Crippen LogP contribution in [0.1, 0.15) is 13.8 Å². The number of hydrogen-bond donors (Lipinski definition) is 0. The molecule has 1 aliphatic rings. The number of carbonyl (C=O) groups excluding carboxylic acids is 1. The third-order valence-electron chi connectivity index (χ3n) is 0.928. The van der Waals surface area contributed by atoms with Crippen molar-refractivity contribution in [1.82, 2.24) is 0 Å². The standard InChI is InChI=1S/C6H8O4/c1-6(2)9-4(7)3-5(8)10-6/h3,7H,1-2H3/p-1. The van der Waals surface area contributed by atoms with Crippen LogP contribution in [0.15, 0.2) is 12.0 Å². The molecule has 0 aromatic heterocycles. The van der Waals surface area contributed by atoms with E-state index in [-0.39, 0.29) is 0 Å². The van der Waals surface area contributed by atoms with Crippen LogP contribution in [0.4, 0.5) is 0 Å². The monoisotopic (exact) mass is 143 g/mol. The van der Waals surface area contributed by atoms with E-state index >= 15 is 0 Å². The Bertz CT molecular complexity index is 192. The fraction of sp³-hybridized carbons (Fsp3) is 0.500. The second kappa shape index (κ2) is 1.90. The maximum Gasteiger partial charge on any atom is 0.334 e. The predicted molar refractivity (Wildman–Crippen MR) is 29.3 cm³/mol. The van der Waals surface area contributed by atoms with E-state index in [0.717, 1.165) is 6.08 Å². The van der Waals surface area contributed by atoms with Gasteiger partial charge in [0.05, 0.1) is 5.95 Å². The van der Waals surface area contributed by atoms with E-state index < -0.39 is 17.7 Å². The topological polar surface area (TPSA) is 58.6 Å². The first-order valence-corrected chi connectivity index (χ1v) is 2.80. The highest BCUT2D eigenvalue weighted by Gasteiger charge is 2.21. The Morgan fingerprint density at radius 2 is 2.10 bits per heavy atom. The van der Waals surface area contributed by atoms with Crippen molar-refractivity contribution < 1.29 is 19.4 Å². The first-order valence-electron chi connectivity index (χ1n) is 2.80. The molecule has 0 fully saturated rings. The summed E-state index contributed by atoms with van der Waals surface area (Å²) in [6, 6.07) is 0. The Morgan fingerprint density at radius 1 is 1.50 bits per heavy atom. The molecule has 0 aromatic rings. The summed E-state index contributed by atoms with van der Waals surface area (Å²) in [5.41, 5.74) is 0. The van der Waals surface area contributed by atoms with Crippen molar-refractivity contribution in [3.05, 3.63) is 12.0 Å². The number of rotatable bonds is 0. The van der Waals surface area contributed by atoms with Crippen LogP contribution < -0.4 is 5.11 Å². The molecule has 56 valence electrons. The molecule has 0 bridgehead atoms. The van der Waals surface area contributed by atoms with Crippen LogP contribution in [0.5, 0.6) is 0 Å². The van der Waals surface area contributed by atoms with Gasteiger partial charge >= 0.3 is 5.97 Å². The molecule has 10 heavy (non-hydrogen) atoms. The molecule has 0 radical (unpaired) electrons. The van der Waals surface area contributed by atoms with E-state index in [4.69, 9.17) is 0 Å². The molecule has 0 spiro atoms. The van der Waals surface area contributed by atoms with Gasteiger partial charge in [-0.25, -0.2) is 4.79 Å². The van der Waals surface area contributed by atoms with Crippen LogP contribution >= 0.6 is 0 Å². The van der Waals surface area contributed by atoms with E-state index in [1.807, 2.05) is 0 Å². The zero-order valence-corrected chi connectivity index (χ0v) is 5.71. The number of ether oxygens (including phenoxy) is 2. The zero-order valence-electron chi connectivity index (χ0n) is 5.71. The average molecular weight is 143 g/mol. The van der Waals surface area contributed by atoms with Gasteiger partial charge in [0.1, 0.15) is 0 Å². The predicted octanol–water partition coefficient (Wildman–Crippen LogP) is -0.502. The summed E-state index contributed by atoms with van der Waals surface area (Å²) in [4.78, 5) is 10.5. The molecular weight excluding hydrogens is 136 g/mol. The molecule has 4 nitrogen and oxygen atoms in total. The minimum atomic E-state index is -1.11. The van der Waals surface area contributed by atoms with Gasteiger partial charge in [-0.3, -0.25) is 0 Å². The molecule has 0 atom stereocenters.